The highest BCUT2D eigenvalue weighted by atomic mass is 32.1. The summed E-state index contributed by atoms with van der Waals surface area (Å²) in [7, 11) is 0. The molecular weight excluding hydrogens is 297 g/mol. The fraction of sp³-hybridized carbons (Fsp3) is 0.400. The Labute approximate surface area is 126 Å². The molecule has 1 heterocycles. The lowest BCUT2D eigenvalue weighted by atomic mass is 10.1. The fourth-order valence-corrected chi connectivity index (χ4v) is 3.03. The second kappa shape index (κ2) is 6.58. The molecule has 1 aromatic carbocycles. The third kappa shape index (κ3) is 4.28. The number of nitrogens with one attached hydrogen (secondary N) is 1. The van der Waals surface area contributed by atoms with Crippen LogP contribution < -0.4 is 5.32 Å². The van der Waals surface area contributed by atoms with Gasteiger partial charge in [-0.15, -0.1) is 11.3 Å². The van der Waals surface area contributed by atoms with Gasteiger partial charge < -0.3 is 5.32 Å². The van der Waals surface area contributed by atoms with E-state index in [4.69, 9.17) is 0 Å². The monoisotopic (exact) mass is 314 g/mol. The van der Waals surface area contributed by atoms with Crippen LogP contribution in [-0.4, -0.2) is 11.5 Å². The smallest absolute Gasteiger partial charge is 0.310 e. The highest BCUT2D eigenvalue weighted by Crippen LogP contribution is 2.30. The molecule has 0 fully saturated rings. The Morgan fingerprint density at radius 3 is 2.76 bits per heavy atom. The summed E-state index contributed by atoms with van der Waals surface area (Å²) >= 11 is 1.53. The summed E-state index contributed by atoms with van der Waals surface area (Å²) in [5, 5.41) is 4.12. The van der Waals surface area contributed by atoms with Gasteiger partial charge in [-0.3, -0.25) is 0 Å². The number of hydrogen-bond acceptors (Lipinski definition) is 3. The summed E-state index contributed by atoms with van der Waals surface area (Å²) in [5.74, 6) is 0. The lowest BCUT2D eigenvalue weighted by Gasteiger charge is -2.08. The van der Waals surface area contributed by atoms with Gasteiger partial charge in [0, 0.05) is 23.5 Å². The van der Waals surface area contributed by atoms with Crippen molar-refractivity contribution < 1.29 is 13.2 Å². The molecule has 0 aliphatic rings. The van der Waals surface area contributed by atoms with Gasteiger partial charge in [-0.25, -0.2) is 4.98 Å². The molecule has 1 atom stereocenters. The van der Waals surface area contributed by atoms with E-state index in [2.05, 4.69) is 10.3 Å². The van der Waals surface area contributed by atoms with Crippen molar-refractivity contribution in [3.8, 4) is 0 Å². The first-order valence-corrected chi connectivity index (χ1v) is 7.56. The third-order valence-electron chi connectivity index (χ3n) is 3.12. The molecule has 0 saturated carbocycles. The van der Waals surface area contributed by atoms with E-state index in [-0.39, 0.29) is 6.04 Å². The topological polar surface area (TPSA) is 24.9 Å². The van der Waals surface area contributed by atoms with Crippen LogP contribution in [0, 0.1) is 0 Å². The Kier molecular flexibility index (Phi) is 5.00. The summed E-state index contributed by atoms with van der Waals surface area (Å²) in [6.45, 7) is 4.94. The first kappa shape index (κ1) is 16.0. The number of hydrogen-bond donors (Lipinski definition) is 1. The molecule has 0 saturated heterocycles. The van der Waals surface area contributed by atoms with Gasteiger partial charge in [0.25, 0.3) is 0 Å². The Balaban J connectivity index is 2.12. The van der Waals surface area contributed by atoms with Crippen LogP contribution in [0.15, 0.2) is 30.5 Å². The Bertz CT molecular complexity index is 593. The molecule has 114 valence electrons. The molecule has 1 unspecified atom stereocenters. The Morgan fingerprint density at radius 2 is 2.10 bits per heavy atom. The maximum atomic E-state index is 12.7. The van der Waals surface area contributed by atoms with E-state index >= 15 is 0 Å². The van der Waals surface area contributed by atoms with Crippen LogP contribution in [-0.2, 0) is 12.6 Å². The molecule has 1 N–H and O–H groups in total. The van der Waals surface area contributed by atoms with Crippen LogP contribution in [0.3, 0.4) is 0 Å². The molecule has 0 aliphatic heterocycles. The van der Waals surface area contributed by atoms with Gasteiger partial charge in [-0.1, -0.05) is 25.1 Å². The molecule has 2 rings (SSSR count). The molecule has 0 spiro atoms. The maximum absolute atomic E-state index is 12.7. The van der Waals surface area contributed by atoms with Crippen LogP contribution in [0.1, 0.15) is 40.9 Å². The van der Waals surface area contributed by atoms with Crippen LogP contribution >= 0.6 is 11.3 Å². The number of benzene rings is 1. The zero-order valence-electron chi connectivity index (χ0n) is 11.9. The SMILES string of the molecule is CCNC(C)c1cnc(Cc2cccc(C(F)(F)F)c2)s1. The normalized spacial score (nSPS) is 13.4. The van der Waals surface area contributed by atoms with E-state index in [1.54, 1.807) is 12.3 Å². The second-order valence-corrected chi connectivity index (χ2v) is 5.96. The van der Waals surface area contributed by atoms with E-state index in [0.29, 0.717) is 12.0 Å². The molecule has 1 aromatic heterocycles. The highest BCUT2D eigenvalue weighted by molar-refractivity contribution is 7.11. The second-order valence-electron chi connectivity index (χ2n) is 4.81. The largest absolute Gasteiger partial charge is 0.416 e. The van der Waals surface area contributed by atoms with Gasteiger partial charge in [0.2, 0.25) is 0 Å². The van der Waals surface area contributed by atoms with E-state index in [0.717, 1.165) is 22.5 Å². The molecule has 0 aliphatic carbocycles. The van der Waals surface area contributed by atoms with Gasteiger partial charge in [-0.2, -0.15) is 13.2 Å². The summed E-state index contributed by atoms with van der Waals surface area (Å²) in [6, 6.07) is 5.62. The van der Waals surface area contributed by atoms with Crippen LogP contribution in [0.2, 0.25) is 0 Å². The van der Waals surface area contributed by atoms with Crippen molar-refractivity contribution >= 4 is 11.3 Å². The molecule has 2 aromatic rings. The Hall–Kier alpha value is -1.40. The number of alkyl halides is 3. The molecule has 21 heavy (non-hydrogen) atoms. The minimum absolute atomic E-state index is 0.211. The minimum Gasteiger partial charge on any atom is -0.310 e. The molecular formula is C15H17F3N2S. The Morgan fingerprint density at radius 1 is 1.33 bits per heavy atom. The van der Waals surface area contributed by atoms with Crippen molar-refractivity contribution in [2.45, 2.75) is 32.5 Å². The fourth-order valence-electron chi connectivity index (χ4n) is 2.05. The molecule has 0 bridgehead atoms. The number of halogens is 3. The first-order chi connectivity index (χ1) is 9.90. The van der Waals surface area contributed by atoms with Crippen molar-refractivity contribution in [3.63, 3.8) is 0 Å². The summed E-state index contributed by atoms with van der Waals surface area (Å²) in [6.07, 6.45) is -2.09. The first-order valence-electron chi connectivity index (χ1n) is 6.74. The minimum atomic E-state index is -4.30. The number of rotatable bonds is 5. The van der Waals surface area contributed by atoms with Crippen LogP contribution in [0.25, 0.3) is 0 Å². The van der Waals surface area contributed by atoms with Crippen molar-refractivity contribution in [2.24, 2.45) is 0 Å². The summed E-state index contributed by atoms with van der Waals surface area (Å²) < 4.78 is 38.0. The summed E-state index contributed by atoms with van der Waals surface area (Å²) in [5.41, 5.74) is 0.0135. The van der Waals surface area contributed by atoms with E-state index < -0.39 is 11.7 Å². The average Bonchev–Trinajstić information content (AvgIpc) is 2.87. The lowest BCUT2D eigenvalue weighted by molar-refractivity contribution is -0.137. The van der Waals surface area contributed by atoms with Crippen molar-refractivity contribution in [2.75, 3.05) is 6.54 Å². The van der Waals surface area contributed by atoms with Gasteiger partial charge in [0.05, 0.1) is 10.6 Å². The predicted octanol–water partition coefficient (Wildman–Crippen LogP) is 4.42. The van der Waals surface area contributed by atoms with Gasteiger partial charge in [-0.05, 0) is 25.1 Å². The number of thiazole rings is 1. The lowest BCUT2D eigenvalue weighted by Crippen LogP contribution is -2.16. The zero-order chi connectivity index (χ0) is 15.5. The maximum Gasteiger partial charge on any atom is 0.416 e. The van der Waals surface area contributed by atoms with Gasteiger partial charge >= 0.3 is 6.18 Å². The van der Waals surface area contributed by atoms with E-state index in [1.165, 1.54) is 23.5 Å². The quantitative estimate of drug-likeness (QED) is 0.883. The van der Waals surface area contributed by atoms with E-state index in [1.807, 2.05) is 13.8 Å². The predicted molar refractivity (Wildman–Crippen MR) is 78.5 cm³/mol. The zero-order valence-corrected chi connectivity index (χ0v) is 12.7. The van der Waals surface area contributed by atoms with E-state index in [9.17, 15) is 13.2 Å². The molecule has 0 radical (unpaired) electrons. The summed E-state index contributed by atoms with van der Waals surface area (Å²) in [4.78, 5) is 5.40. The van der Waals surface area contributed by atoms with Crippen molar-refractivity contribution in [3.05, 3.63) is 51.5 Å². The number of aromatic nitrogens is 1. The molecule has 2 nitrogen and oxygen atoms in total. The standard InChI is InChI=1S/C15H17F3N2S/c1-3-19-10(2)13-9-20-14(21-13)8-11-5-4-6-12(7-11)15(16,17)18/h4-7,9-10,19H,3,8H2,1-2H3. The molecule has 0 amide bonds. The number of nitrogens with zero attached hydrogens (tertiary/aromatic N) is 1. The van der Waals surface area contributed by atoms with Crippen LogP contribution in [0.4, 0.5) is 13.2 Å². The van der Waals surface area contributed by atoms with Gasteiger partial charge in [0.15, 0.2) is 0 Å². The average molecular weight is 314 g/mol. The van der Waals surface area contributed by atoms with Gasteiger partial charge in [0.1, 0.15) is 0 Å². The molecule has 6 heteroatoms. The van der Waals surface area contributed by atoms with Crippen molar-refractivity contribution in [1.82, 2.24) is 10.3 Å². The highest BCUT2D eigenvalue weighted by Gasteiger charge is 2.30. The third-order valence-corrected chi connectivity index (χ3v) is 4.30. The van der Waals surface area contributed by atoms with Crippen molar-refractivity contribution in [1.29, 1.82) is 0 Å². The van der Waals surface area contributed by atoms with Crippen LogP contribution in [0.5, 0.6) is 0 Å².